The summed E-state index contributed by atoms with van der Waals surface area (Å²) in [6.07, 6.45) is 1.78. The average Bonchev–Trinajstić information content (AvgIpc) is 3.08. The van der Waals surface area contributed by atoms with Gasteiger partial charge in [-0.05, 0) is 42.8 Å². The van der Waals surface area contributed by atoms with E-state index in [1.807, 2.05) is 31.2 Å². The molecule has 0 saturated heterocycles. The highest BCUT2D eigenvalue weighted by Gasteiger charge is 2.11. The van der Waals surface area contributed by atoms with Crippen LogP contribution in [0.4, 0.5) is 5.69 Å². The van der Waals surface area contributed by atoms with E-state index >= 15 is 0 Å². The Labute approximate surface area is 145 Å². The Kier molecular flexibility index (Phi) is 4.70. The molecule has 0 atom stereocenters. The number of ether oxygens (including phenoxy) is 2. The number of amides is 1. The number of rotatable bonds is 5. The highest BCUT2D eigenvalue weighted by molar-refractivity contribution is 6.04. The van der Waals surface area contributed by atoms with Crippen LogP contribution in [0.3, 0.4) is 0 Å². The molecule has 6 nitrogen and oxygen atoms in total. The number of carbonyl (C=O) groups is 1. The number of imidazole rings is 1. The molecule has 0 unspecified atom stereocenters. The van der Waals surface area contributed by atoms with Crippen LogP contribution in [0.15, 0.2) is 48.7 Å². The van der Waals surface area contributed by atoms with E-state index in [1.165, 1.54) is 7.11 Å². The van der Waals surface area contributed by atoms with Crippen molar-refractivity contribution in [2.45, 2.75) is 6.92 Å². The SMILES string of the molecule is COc1ccc(C(=O)Nc2ccc(-c3cnc(C)[nH]3)cc2)cc1OC. The van der Waals surface area contributed by atoms with E-state index in [9.17, 15) is 4.79 Å². The van der Waals surface area contributed by atoms with Gasteiger partial charge in [0.15, 0.2) is 11.5 Å². The lowest BCUT2D eigenvalue weighted by Gasteiger charge is -2.10. The lowest BCUT2D eigenvalue weighted by Crippen LogP contribution is -2.12. The molecule has 2 aromatic carbocycles. The number of H-pyrrole nitrogens is 1. The van der Waals surface area contributed by atoms with Crippen molar-refractivity contribution >= 4 is 11.6 Å². The van der Waals surface area contributed by atoms with Crippen LogP contribution in [0.25, 0.3) is 11.3 Å². The molecule has 25 heavy (non-hydrogen) atoms. The van der Waals surface area contributed by atoms with Gasteiger partial charge < -0.3 is 19.8 Å². The molecule has 0 aliphatic heterocycles. The van der Waals surface area contributed by atoms with Crippen molar-refractivity contribution < 1.29 is 14.3 Å². The minimum Gasteiger partial charge on any atom is -0.493 e. The van der Waals surface area contributed by atoms with Gasteiger partial charge in [-0.2, -0.15) is 0 Å². The van der Waals surface area contributed by atoms with E-state index in [4.69, 9.17) is 9.47 Å². The molecular weight excluding hydrogens is 318 g/mol. The number of methoxy groups -OCH3 is 2. The van der Waals surface area contributed by atoms with E-state index in [2.05, 4.69) is 15.3 Å². The molecule has 0 saturated carbocycles. The maximum Gasteiger partial charge on any atom is 0.255 e. The van der Waals surface area contributed by atoms with E-state index in [0.717, 1.165) is 17.1 Å². The first-order valence-corrected chi connectivity index (χ1v) is 7.76. The quantitative estimate of drug-likeness (QED) is 0.745. The van der Waals surface area contributed by atoms with Crippen molar-refractivity contribution in [3.8, 4) is 22.8 Å². The molecule has 6 heteroatoms. The van der Waals surface area contributed by atoms with Crippen molar-refractivity contribution in [2.24, 2.45) is 0 Å². The Morgan fingerprint density at radius 1 is 1.04 bits per heavy atom. The van der Waals surface area contributed by atoms with E-state index in [-0.39, 0.29) is 5.91 Å². The predicted octanol–water partition coefficient (Wildman–Crippen LogP) is 3.65. The molecule has 0 aliphatic carbocycles. The molecule has 1 heterocycles. The second kappa shape index (κ2) is 7.09. The van der Waals surface area contributed by atoms with Crippen molar-refractivity contribution in [1.29, 1.82) is 0 Å². The number of anilines is 1. The number of benzene rings is 2. The third-order valence-corrected chi connectivity index (χ3v) is 3.80. The first kappa shape index (κ1) is 16.6. The number of aryl methyl sites for hydroxylation is 1. The van der Waals surface area contributed by atoms with Crippen LogP contribution < -0.4 is 14.8 Å². The van der Waals surface area contributed by atoms with Gasteiger partial charge >= 0.3 is 0 Å². The molecule has 0 aliphatic rings. The number of nitrogens with zero attached hydrogens (tertiary/aromatic N) is 1. The maximum absolute atomic E-state index is 12.4. The first-order chi connectivity index (χ1) is 12.1. The predicted molar refractivity (Wildman–Crippen MR) is 96.3 cm³/mol. The molecule has 0 spiro atoms. The maximum atomic E-state index is 12.4. The summed E-state index contributed by atoms with van der Waals surface area (Å²) in [7, 11) is 3.09. The molecule has 0 bridgehead atoms. The highest BCUT2D eigenvalue weighted by Crippen LogP contribution is 2.28. The first-order valence-electron chi connectivity index (χ1n) is 7.76. The zero-order chi connectivity index (χ0) is 17.8. The summed E-state index contributed by atoms with van der Waals surface area (Å²) < 4.78 is 10.4. The molecular formula is C19H19N3O3. The third-order valence-electron chi connectivity index (χ3n) is 3.80. The zero-order valence-corrected chi connectivity index (χ0v) is 14.3. The third kappa shape index (κ3) is 3.63. The fourth-order valence-electron chi connectivity index (χ4n) is 2.48. The summed E-state index contributed by atoms with van der Waals surface area (Å²) in [6.45, 7) is 1.90. The average molecular weight is 337 g/mol. The monoisotopic (exact) mass is 337 g/mol. The van der Waals surface area contributed by atoms with Crippen LogP contribution in [-0.4, -0.2) is 30.1 Å². The van der Waals surface area contributed by atoms with Gasteiger partial charge in [-0.1, -0.05) is 12.1 Å². The Morgan fingerprint density at radius 2 is 1.76 bits per heavy atom. The number of carbonyl (C=O) groups excluding carboxylic acids is 1. The normalized spacial score (nSPS) is 10.4. The van der Waals surface area contributed by atoms with Crippen molar-refractivity contribution in [3.05, 3.63) is 60.0 Å². The summed E-state index contributed by atoms with van der Waals surface area (Å²) in [6, 6.07) is 12.6. The molecule has 0 fully saturated rings. The van der Waals surface area contributed by atoms with Crippen LogP contribution in [0.2, 0.25) is 0 Å². The standard InChI is InChI=1S/C19H19N3O3/c1-12-20-11-16(21-12)13-4-7-15(8-5-13)22-19(23)14-6-9-17(24-2)18(10-14)25-3/h4-11H,1-3H3,(H,20,21)(H,22,23). The van der Waals surface area contributed by atoms with Crippen LogP contribution in [0.1, 0.15) is 16.2 Å². The van der Waals surface area contributed by atoms with Crippen molar-refractivity contribution in [3.63, 3.8) is 0 Å². The van der Waals surface area contributed by atoms with Gasteiger partial charge in [0.2, 0.25) is 0 Å². The Morgan fingerprint density at radius 3 is 2.36 bits per heavy atom. The van der Waals surface area contributed by atoms with Gasteiger partial charge in [0.05, 0.1) is 26.1 Å². The van der Waals surface area contributed by atoms with Crippen LogP contribution in [-0.2, 0) is 0 Å². The van der Waals surface area contributed by atoms with Gasteiger partial charge in [0, 0.05) is 11.3 Å². The molecule has 0 radical (unpaired) electrons. The van der Waals surface area contributed by atoms with Crippen molar-refractivity contribution in [1.82, 2.24) is 9.97 Å². The van der Waals surface area contributed by atoms with Crippen LogP contribution >= 0.6 is 0 Å². The van der Waals surface area contributed by atoms with E-state index < -0.39 is 0 Å². The highest BCUT2D eigenvalue weighted by atomic mass is 16.5. The fourth-order valence-corrected chi connectivity index (χ4v) is 2.48. The summed E-state index contributed by atoms with van der Waals surface area (Å²) in [5.41, 5.74) is 3.14. The van der Waals surface area contributed by atoms with Gasteiger partial charge in [0.1, 0.15) is 5.82 Å². The van der Waals surface area contributed by atoms with Gasteiger partial charge in [-0.25, -0.2) is 4.98 Å². The molecule has 3 aromatic rings. The molecule has 2 N–H and O–H groups in total. The second-order valence-corrected chi connectivity index (χ2v) is 5.48. The number of aromatic amines is 1. The lowest BCUT2D eigenvalue weighted by atomic mass is 10.1. The summed E-state index contributed by atoms with van der Waals surface area (Å²) >= 11 is 0. The zero-order valence-electron chi connectivity index (χ0n) is 14.3. The Bertz CT molecular complexity index is 885. The largest absolute Gasteiger partial charge is 0.493 e. The van der Waals surface area contributed by atoms with Gasteiger partial charge in [0.25, 0.3) is 5.91 Å². The number of hydrogen-bond donors (Lipinski definition) is 2. The van der Waals surface area contributed by atoms with Crippen LogP contribution in [0, 0.1) is 6.92 Å². The summed E-state index contributed by atoms with van der Waals surface area (Å²) in [5, 5.41) is 2.87. The minimum absolute atomic E-state index is 0.217. The second-order valence-electron chi connectivity index (χ2n) is 5.48. The number of aromatic nitrogens is 2. The van der Waals surface area contributed by atoms with E-state index in [0.29, 0.717) is 22.7 Å². The Hall–Kier alpha value is -3.28. The molecule has 1 aromatic heterocycles. The topological polar surface area (TPSA) is 76.2 Å². The smallest absolute Gasteiger partial charge is 0.255 e. The summed E-state index contributed by atoms with van der Waals surface area (Å²) in [4.78, 5) is 19.8. The lowest BCUT2D eigenvalue weighted by molar-refractivity contribution is 0.102. The van der Waals surface area contributed by atoms with Crippen LogP contribution in [0.5, 0.6) is 11.5 Å². The summed E-state index contributed by atoms with van der Waals surface area (Å²) in [5.74, 6) is 1.74. The van der Waals surface area contributed by atoms with E-state index in [1.54, 1.807) is 31.5 Å². The Balaban J connectivity index is 1.74. The molecule has 128 valence electrons. The van der Waals surface area contributed by atoms with Crippen molar-refractivity contribution in [2.75, 3.05) is 19.5 Å². The number of nitrogens with one attached hydrogen (secondary N) is 2. The minimum atomic E-state index is -0.217. The molecule has 3 rings (SSSR count). The fraction of sp³-hybridized carbons (Fsp3) is 0.158. The van der Waals surface area contributed by atoms with Gasteiger partial charge in [-0.15, -0.1) is 0 Å². The molecule has 1 amide bonds. The van der Waals surface area contributed by atoms with Gasteiger partial charge in [-0.3, -0.25) is 4.79 Å². The number of hydrogen-bond acceptors (Lipinski definition) is 4.